The summed E-state index contributed by atoms with van der Waals surface area (Å²) in [6.45, 7) is 11.0. The Hall–Kier alpha value is -0.380. The Kier molecular flexibility index (Phi) is 3.23. The molecule has 1 spiro atoms. The molecule has 8 unspecified atom stereocenters. The van der Waals surface area contributed by atoms with E-state index in [0.29, 0.717) is 6.42 Å². The van der Waals surface area contributed by atoms with Crippen molar-refractivity contribution in [3.05, 3.63) is 12.2 Å². The van der Waals surface area contributed by atoms with Crippen molar-refractivity contribution in [2.45, 2.75) is 77.6 Å². The van der Waals surface area contributed by atoms with Crippen LogP contribution in [0.4, 0.5) is 0 Å². The Morgan fingerprint density at radius 3 is 2.35 bits per heavy atom. The van der Waals surface area contributed by atoms with E-state index in [9.17, 15) is 15.3 Å². The lowest BCUT2D eigenvalue weighted by atomic mass is 9.39. The maximum Gasteiger partial charge on any atom is 0.0811 e. The van der Waals surface area contributed by atoms with E-state index in [-0.39, 0.29) is 40.1 Å². The van der Waals surface area contributed by atoms with Crippen LogP contribution < -0.4 is 0 Å². The molecular formula is C20H32O3. The predicted octanol–water partition coefficient (Wildman–Crippen LogP) is 2.89. The highest BCUT2D eigenvalue weighted by atomic mass is 16.3. The van der Waals surface area contributed by atoms with E-state index in [1.807, 2.05) is 0 Å². The highest BCUT2D eigenvalue weighted by molar-refractivity contribution is 5.29. The van der Waals surface area contributed by atoms with Crippen LogP contribution in [0.2, 0.25) is 0 Å². The first-order chi connectivity index (χ1) is 10.6. The molecule has 0 amide bonds. The minimum Gasteiger partial charge on any atom is -0.393 e. The third-order valence-corrected chi connectivity index (χ3v) is 8.35. The van der Waals surface area contributed by atoms with Crippen LogP contribution in [0.3, 0.4) is 0 Å². The second kappa shape index (κ2) is 4.62. The zero-order chi connectivity index (χ0) is 16.8. The summed E-state index contributed by atoms with van der Waals surface area (Å²) in [5, 5.41) is 33.2. The van der Waals surface area contributed by atoms with Gasteiger partial charge in [0.25, 0.3) is 0 Å². The molecule has 0 radical (unpaired) electrons. The SMILES string of the molecule is C=C1C2CC(O)C3C4(C)CCCC(C)(C)C4C(O)CC3(C2)C1O. The molecule has 0 heterocycles. The highest BCUT2D eigenvalue weighted by Crippen LogP contribution is 2.71. The van der Waals surface area contributed by atoms with Crippen LogP contribution in [0.15, 0.2) is 12.2 Å². The summed E-state index contributed by atoms with van der Waals surface area (Å²) in [5.74, 6) is 0.500. The molecule has 4 aliphatic carbocycles. The zero-order valence-corrected chi connectivity index (χ0v) is 14.8. The summed E-state index contributed by atoms with van der Waals surface area (Å²) in [4.78, 5) is 0. The van der Waals surface area contributed by atoms with Gasteiger partial charge in [-0.05, 0) is 66.3 Å². The van der Waals surface area contributed by atoms with Crippen molar-refractivity contribution in [3.8, 4) is 0 Å². The zero-order valence-electron chi connectivity index (χ0n) is 14.8. The van der Waals surface area contributed by atoms with E-state index in [1.54, 1.807) is 0 Å². The standard InChI is InChI=1S/C20H32O3/c1-11-12-8-13(21)16-19(4)7-5-6-18(2,3)15(19)14(22)10-20(16,9-12)17(11)23/h12-17,21-23H,1,5-10H2,2-4H3. The predicted molar refractivity (Wildman–Crippen MR) is 89.7 cm³/mol. The van der Waals surface area contributed by atoms with Gasteiger partial charge >= 0.3 is 0 Å². The minimum atomic E-state index is -0.563. The van der Waals surface area contributed by atoms with E-state index >= 15 is 0 Å². The van der Waals surface area contributed by atoms with Crippen LogP contribution in [-0.4, -0.2) is 33.6 Å². The second-order valence-corrected chi connectivity index (χ2v) is 9.99. The number of hydrogen-bond acceptors (Lipinski definition) is 3. The van der Waals surface area contributed by atoms with Gasteiger partial charge in [-0.25, -0.2) is 0 Å². The molecule has 23 heavy (non-hydrogen) atoms. The molecule has 0 aromatic carbocycles. The van der Waals surface area contributed by atoms with Gasteiger partial charge in [0.2, 0.25) is 0 Å². The van der Waals surface area contributed by atoms with E-state index in [0.717, 1.165) is 37.7 Å². The van der Waals surface area contributed by atoms with Crippen LogP contribution in [-0.2, 0) is 0 Å². The minimum absolute atomic E-state index is 0.0773. The van der Waals surface area contributed by atoms with Gasteiger partial charge < -0.3 is 15.3 Å². The maximum atomic E-state index is 11.1. The molecule has 8 atom stereocenters. The van der Waals surface area contributed by atoms with E-state index in [2.05, 4.69) is 27.4 Å². The lowest BCUT2D eigenvalue weighted by Gasteiger charge is -2.66. The number of aliphatic hydroxyl groups excluding tert-OH is 3. The van der Waals surface area contributed by atoms with Gasteiger partial charge in [0.1, 0.15) is 0 Å². The molecule has 4 aliphatic rings. The Morgan fingerprint density at radius 1 is 0.957 bits per heavy atom. The Bertz CT molecular complexity index is 541. The quantitative estimate of drug-likeness (QED) is 0.602. The fourth-order valence-corrected chi connectivity index (χ4v) is 8.00. The highest BCUT2D eigenvalue weighted by Gasteiger charge is 2.70. The third kappa shape index (κ3) is 1.82. The molecule has 3 heteroatoms. The smallest absolute Gasteiger partial charge is 0.0811 e. The van der Waals surface area contributed by atoms with Crippen molar-refractivity contribution >= 4 is 0 Å². The Morgan fingerprint density at radius 2 is 1.65 bits per heavy atom. The van der Waals surface area contributed by atoms with Gasteiger partial charge in [-0.3, -0.25) is 0 Å². The third-order valence-electron chi connectivity index (χ3n) is 8.35. The van der Waals surface area contributed by atoms with Gasteiger partial charge in [0, 0.05) is 5.41 Å². The largest absolute Gasteiger partial charge is 0.393 e. The molecule has 130 valence electrons. The summed E-state index contributed by atoms with van der Waals surface area (Å²) in [7, 11) is 0. The molecule has 2 bridgehead atoms. The van der Waals surface area contributed by atoms with Crippen molar-refractivity contribution in [2.24, 2.45) is 34.0 Å². The van der Waals surface area contributed by atoms with Crippen LogP contribution in [0.5, 0.6) is 0 Å². The maximum absolute atomic E-state index is 11.1. The molecule has 3 nitrogen and oxygen atoms in total. The molecular weight excluding hydrogens is 288 g/mol. The van der Waals surface area contributed by atoms with Gasteiger partial charge in [0.05, 0.1) is 18.3 Å². The molecule has 0 saturated heterocycles. The Balaban J connectivity index is 1.86. The fourth-order valence-electron chi connectivity index (χ4n) is 8.00. The van der Waals surface area contributed by atoms with Crippen molar-refractivity contribution in [1.82, 2.24) is 0 Å². The normalized spacial score (nSPS) is 57.7. The number of aliphatic hydroxyl groups is 3. The van der Waals surface area contributed by atoms with Crippen molar-refractivity contribution < 1.29 is 15.3 Å². The van der Waals surface area contributed by atoms with E-state index in [1.165, 1.54) is 0 Å². The van der Waals surface area contributed by atoms with Crippen LogP contribution >= 0.6 is 0 Å². The second-order valence-electron chi connectivity index (χ2n) is 9.99. The van der Waals surface area contributed by atoms with Crippen molar-refractivity contribution in [3.63, 3.8) is 0 Å². The molecule has 0 aromatic rings. The van der Waals surface area contributed by atoms with Crippen molar-refractivity contribution in [2.75, 3.05) is 0 Å². The molecule has 4 saturated carbocycles. The molecule has 4 rings (SSSR count). The summed E-state index contributed by atoms with van der Waals surface area (Å²) in [6.07, 6.45) is 4.25. The van der Waals surface area contributed by atoms with E-state index in [4.69, 9.17) is 0 Å². The fraction of sp³-hybridized carbons (Fsp3) is 0.900. The first-order valence-corrected chi connectivity index (χ1v) is 9.36. The summed E-state index contributed by atoms with van der Waals surface area (Å²) in [5.41, 5.74) is 0.522. The summed E-state index contributed by atoms with van der Waals surface area (Å²) < 4.78 is 0. The lowest BCUT2D eigenvalue weighted by Crippen LogP contribution is -2.66. The number of hydrogen-bond donors (Lipinski definition) is 3. The van der Waals surface area contributed by atoms with Crippen LogP contribution in [0, 0.1) is 34.0 Å². The topological polar surface area (TPSA) is 60.7 Å². The van der Waals surface area contributed by atoms with Gasteiger partial charge in [0.15, 0.2) is 0 Å². The average Bonchev–Trinajstić information content (AvgIpc) is 2.58. The summed E-state index contributed by atoms with van der Waals surface area (Å²) in [6, 6.07) is 0. The Labute approximate surface area is 139 Å². The lowest BCUT2D eigenvalue weighted by molar-refractivity contribution is -0.239. The van der Waals surface area contributed by atoms with Crippen molar-refractivity contribution in [1.29, 1.82) is 0 Å². The van der Waals surface area contributed by atoms with Gasteiger partial charge in [-0.1, -0.05) is 33.8 Å². The molecule has 0 aromatic heterocycles. The van der Waals surface area contributed by atoms with E-state index < -0.39 is 12.2 Å². The van der Waals surface area contributed by atoms with Crippen LogP contribution in [0.25, 0.3) is 0 Å². The first kappa shape index (κ1) is 16.1. The molecule has 4 fully saturated rings. The van der Waals surface area contributed by atoms with Crippen LogP contribution in [0.1, 0.15) is 59.3 Å². The first-order valence-electron chi connectivity index (χ1n) is 9.36. The summed E-state index contributed by atoms with van der Waals surface area (Å²) >= 11 is 0. The van der Waals surface area contributed by atoms with Gasteiger partial charge in [-0.2, -0.15) is 0 Å². The number of rotatable bonds is 0. The molecule has 3 N–H and O–H groups in total. The molecule has 0 aliphatic heterocycles. The average molecular weight is 320 g/mol. The number of fused-ring (bicyclic) bond motifs is 3. The monoisotopic (exact) mass is 320 g/mol. The van der Waals surface area contributed by atoms with Gasteiger partial charge in [-0.15, -0.1) is 0 Å².